The molecule has 7 nitrogen and oxygen atoms in total. The number of pyridine rings is 1. The number of rotatable bonds is 8. The first-order chi connectivity index (χ1) is 17.6. The highest BCUT2D eigenvalue weighted by atomic mass is 35.5. The van der Waals surface area contributed by atoms with Gasteiger partial charge in [0, 0.05) is 68.9 Å². The molecule has 1 saturated heterocycles. The highest BCUT2D eigenvalue weighted by molar-refractivity contribution is 6.30. The molecule has 2 aliphatic heterocycles. The number of carbonyl (C=O) groups is 2. The second-order valence-electron chi connectivity index (χ2n) is 9.28. The zero-order valence-corrected chi connectivity index (χ0v) is 21.0. The summed E-state index contributed by atoms with van der Waals surface area (Å²) in [5.74, 6) is -0.286. The van der Waals surface area contributed by atoms with Crippen molar-refractivity contribution < 1.29 is 9.59 Å². The van der Waals surface area contributed by atoms with Crippen LogP contribution in [0.5, 0.6) is 0 Å². The SMILES string of the molecule is O=C(NCCCN1CCN(c2cccc(Cl)c2)CC1)c1cccc2c1C(=O)N(Cc1cccnc1)C2. The molecule has 0 aliphatic carbocycles. The van der Waals surface area contributed by atoms with E-state index in [9.17, 15) is 9.59 Å². The Hall–Kier alpha value is -3.42. The third-order valence-electron chi connectivity index (χ3n) is 6.84. The van der Waals surface area contributed by atoms with E-state index in [0.717, 1.165) is 55.3 Å². The number of benzene rings is 2. The number of hydrogen-bond acceptors (Lipinski definition) is 5. The van der Waals surface area contributed by atoms with Gasteiger partial charge in [-0.1, -0.05) is 35.9 Å². The molecule has 2 aromatic carbocycles. The number of anilines is 1. The first-order valence-corrected chi connectivity index (χ1v) is 12.8. The Balaban J connectivity index is 1.09. The fourth-order valence-corrected chi connectivity index (χ4v) is 5.14. The summed E-state index contributed by atoms with van der Waals surface area (Å²) in [5, 5.41) is 3.78. The number of nitrogens with one attached hydrogen (secondary N) is 1. The second kappa shape index (κ2) is 11.1. The average molecular weight is 504 g/mol. The number of amides is 2. The van der Waals surface area contributed by atoms with Crippen LogP contribution in [-0.4, -0.2) is 65.9 Å². The molecule has 8 heteroatoms. The molecule has 1 fully saturated rings. The molecule has 3 aromatic rings. The highest BCUT2D eigenvalue weighted by Gasteiger charge is 2.31. The first kappa shape index (κ1) is 24.3. The van der Waals surface area contributed by atoms with Crippen LogP contribution in [-0.2, 0) is 13.1 Å². The lowest BCUT2D eigenvalue weighted by molar-refractivity contribution is 0.0761. The van der Waals surface area contributed by atoms with E-state index in [-0.39, 0.29) is 11.8 Å². The van der Waals surface area contributed by atoms with Gasteiger partial charge in [-0.15, -0.1) is 0 Å². The summed E-state index contributed by atoms with van der Waals surface area (Å²) in [6.45, 7) is 6.36. The van der Waals surface area contributed by atoms with Gasteiger partial charge >= 0.3 is 0 Å². The van der Waals surface area contributed by atoms with Crippen molar-refractivity contribution in [2.24, 2.45) is 0 Å². The Morgan fingerprint density at radius 2 is 1.86 bits per heavy atom. The number of hydrogen-bond donors (Lipinski definition) is 1. The van der Waals surface area contributed by atoms with E-state index in [2.05, 4.69) is 26.2 Å². The Morgan fingerprint density at radius 1 is 1.03 bits per heavy atom. The fourth-order valence-electron chi connectivity index (χ4n) is 4.95. The normalized spacial score (nSPS) is 15.8. The number of carbonyl (C=O) groups excluding carboxylic acids is 2. The van der Waals surface area contributed by atoms with Gasteiger partial charge < -0.3 is 15.1 Å². The van der Waals surface area contributed by atoms with Crippen LogP contribution in [0.3, 0.4) is 0 Å². The number of piperazine rings is 1. The van der Waals surface area contributed by atoms with Crippen LogP contribution in [0.1, 0.15) is 38.3 Å². The summed E-state index contributed by atoms with van der Waals surface area (Å²) in [5.41, 5.74) is 4.02. The largest absolute Gasteiger partial charge is 0.369 e. The summed E-state index contributed by atoms with van der Waals surface area (Å²) in [6.07, 6.45) is 4.34. The average Bonchev–Trinajstić information content (AvgIpc) is 3.22. The molecular formula is C28H30ClN5O2. The molecule has 5 rings (SSSR count). The molecule has 0 radical (unpaired) electrons. The van der Waals surface area contributed by atoms with E-state index in [1.165, 1.54) is 5.69 Å². The molecule has 1 N–H and O–H groups in total. The summed E-state index contributed by atoms with van der Waals surface area (Å²) in [4.78, 5) is 36.8. The Bertz CT molecular complexity index is 1230. The maximum absolute atomic E-state index is 13.1. The van der Waals surface area contributed by atoms with Gasteiger partial charge in [0.25, 0.3) is 11.8 Å². The molecule has 0 unspecified atom stereocenters. The molecule has 1 aromatic heterocycles. The predicted octanol–water partition coefficient (Wildman–Crippen LogP) is 3.83. The van der Waals surface area contributed by atoms with E-state index in [1.54, 1.807) is 23.4 Å². The van der Waals surface area contributed by atoms with Crippen molar-refractivity contribution in [1.82, 2.24) is 20.1 Å². The van der Waals surface area contributed by atoms with Crippen molar-refractivity contribution in [1.29, 1.82) is 0 Å². The van der Waals surface area contributed by atoms with Crippen LogP contribution < -0.4 is 10.2 Å². The third kappa shape index (κ3) is 5.53. The van der Waals surface area contributed by atoms with E-state index >= 15 is 0 Å². The molecular weight excluding hydrogens is 474 g/mol. The maximum atomic E-state index is 13.1. The zero-order chi connectivity index (χ0) is 24.9. The highest BCUT2D eigenvalue weighted by Crippen LogP contribution is 2.27. The monoisotopic (exact) mass is 503 g/mol. The van der Waals surface area contributed by atoms with Crippen molar-refractivity contribution in [3.05, 3.63) is 94.3 Å². The van der Waals surface area contributed by atoms with Crippen LogP contribution in [0.4, 0.5) is 5.69 Å². The lowest BCUT2D eigenvalue weighted by Crippen LogP contribution is -2.47. The molecule has 0 spiro atoms. The zero-order valence-electron chi connectivity index (χ0n) is 20.2. The van der Waals surface area contributed by atoms with Gasteiger partial charge in [0.2, 0.25) is 0 Å². The van der Waals surface area contributed by atoms with Gasteiger partial charge in [0.1, 0.15) is 0 Å². The second-order valence-corrected chi connectivity index (χ2v) is 9.72. The Labute approximate surface area is 216 Å². The molecule has 0 saturated carbocycles. The van der Waals surface area contributed by atoms with Crippen LogP contribution in [0.15, 0.2) is 67.0 Å². The molecule has 0 atom stereocenters. The summed E-state index contributed by atoms with van der Waals surface area (Å²) in [6, 6.07) is 17.3. The lowest BCUT2D eigenvalue weighted by atomic mass is 10.0. The lowest BCUT2D eigenvalue weighted by Gasteiger charge is -2.36. The molecule has 2 aliphatic rings. The quantitative estimate of drug-likeness (QED) is 0.473. The van der Waals surface area contributed by atoms with Crippen LogP contribution in [0.25, 0.3) is 0 Å². The van der Waals surface area contributed by atoms with Crippen molar-refractivity contribution in [3.8, 4) is 0 Å². The van der Waals surface area contributed by atoms with Crippen LogP contribution in [0.2, 0.25) is 5.02 Å². The van der Waals surface area contributed by atoms with Crippen LogP contribution >= 0.6 is 11.6 Å². The summed E-state index contributed by atoms with van der Waals surface area (Å²) >= 11 is 6.13. The molecule has 2 amide bonds. The van der Waals surface area contributed by atoms with E-state index in [4.69, 9.17) is 11.6 Å². The first-order valence-electron chi connectivity index (χ1n) is 12.4. The fraction of sp³-hybridized carbons (Fsp3) is 0.321. The summed E-state index contributed by atoms with van der Waals surface area (Å²) in [7, 11) is 0. The predicted molar refractivity (Wildman–Crippen MR) is 141 cm³/mol. The van der Waals surface area contributed by atoms with Gasteiger partial charge in [0.15, 0.2) is 0 Å². The standard InChI is InChI=1S/C28H30ClN5O2/c29-23-7-2-8-24(17-23)33-15-13-32(14-16-33)12-4-11-31-27(35)25-9-1-6-22-20-34(28(36)26(22)25)19-21-5-3-10-30-18-21/h1-3,5-10,17-18H,4,11-16,19-20H2,(H,31,35). The van der Waals surface area contributed by atoms with E-state index < -0.39 is 0 Å². The van der Waals surface area contributed by atoms with Crippen molar-refractivity contribution in [2.75, 3.05) is 44.2 Å². The molecule has 0 bridgehead atoms. The minimum absolute atomic E-state index is 0.0998. The minimum Gasteiger partial charge on any atom is -0.369 e. The van der Waals surface area contributed by atoms with Gasteiger partial charge in [-0.2, -0.15) is 0 Å². The van der Waals surface area contributed by atoms with Crippen molar-refractivity contribution in [2.45, 2.75) is 19.5 Å². The molecule has 186 valence electrons. The maximum Gasteiger partial charge on any atom is 0.255 e. The molecule has 36 heavy (non-hydrogen) atoms. The van der Waals surface area contributed by atoms with Crippen molar-refractivity contribution >= 4 is 29.1 Å². The van der Waals surface area contributed by atoms with Gasteiger partial charge in [-0.05, 0) is 54.4 Å². The van der Waals surface area contributed by atoms with Crippen molar-refractivity contribution in [3.63, 3.8) is 0 Å². The van der Waals surface area contributed by atoms with Gasteiger partial charge in [-0.25, -0.2) is 0 Å². The smallest absolute Gasteiger partial charge is 0.255 e. The molecule has 3 heterocycles. The Kier molecular flexibility index (Phi) is 7.49. The number of aromatic nitrogens is 1. The minimum atomic E-state index is -0.186. The number of fused-ring (bicyclic) bond motifs is 1. The van der Waals surface area contributed by atoms with E-state index in [1.807, 2.05) is 42.5 Å². The number of nitrogens with zero attached hydrogens (tertiary/aromatic N) is 4. The van der Waals surface area contributed by atoms with Gasteiger partial charge in [0.05, 0.1) is 11.1 Å². The third-order valence-corrected chi connectivity index (χ3v) is 7.07. The summed E-state index contributed by atoms with van der Waals surface area (Å²) < 4.78 is 0. The van der Waals surface area contributed by atoms with E-state index in [0.29, 0.717) is 30.8 Å². The topological polar surface area (TPSA) is 68.8 Å². The van der Waals surface area contributed by atoms with Crippen LogP contribution in [0, 0.1) is 0 Å². The Morgan fingerprint density at radius 3 is 2.64 bits per heavy atom. The number of halogens is 1. The van der Waals surface area contributed by atoms with Gasteiger partial charge in [-0.3, -0.25) is 19.5 Å².